The fourth-order valence-electron chi connectivity index (χ4n) is 2.71. The van der Waals surface area contributed by atoms with Gasteiger partial charge in [0.05, 0.1) is 28.4 Å². The van der Waals surface area contributed by atoms with Crippen LogP contribution < -0.4 is 18.9 Å². The average molecular weight is 359 g/mol. The van der Waals surface area contributed by atoms with Crippen LogP contribution in [-0.4, -0.2) is 46.3 Å². The standard InChI is InChI=1S/C20H25NO5/c1-13-9-17(24-4)19(26-6)11-15(13)12-21(2)20(22)14-7-8-16(23-3)18(10-14)25-5/h7-11H,12H2,1-6H3. The van der Waals surface area contributed by atoms with Crippen LogP contribution in [0, 0.1) is 6.92 Å². The molecule has 6 nitrogen and oxygen atoms in total. The summed E-state index contributed by atoms with van der Waals surface area (Å²) in [4.78, 5) is 14.4. The number of carbonyl (C=O) groups is 1. The van der Waals surface area contributed by atoms with Crippen molar-refractivity contribution in [2.24, 2.45) is 0 Å². The van der Waals surface area contributed by atoms with Crippen LogP contribution in [0.5, 0.6) is 23.0 Å². The number of methoxy groups -OCH3 is 4. The molecular formula is C20H25NO5. The predicted molar refractivity (Wildman–Crippen MR) is 99.6 cm³/mol. The first-order chi connectivity index (χ1) is 12.4. The van der Waals surface area contributed by atoms with E-state index in [1.165, 1.54) is 0 Å². The number of ether oxygens (including phenoxy) is 4. The molecule has 0 saturated carbocycles. The molecule has 0 aliphatic rings. The zero-order valence-electron chi connectivity index (χ0n) is 16.1. The van der Waals surface area contributed by atoms with Crippen molar-refractivity contribution in [3.05, 3.63) is 47.0 Å². The van der Waals surface area contributed by atoms with E-state index in [1.54, 1.807) is 58.6 Å². The lowest BCUT2D eigenvalue weighted by Gasteiger charge is -2.20. The Morgan fingerprint density at radius 3 is 1.96 bits per heavy atom. The number of nitrogens with zero attached hydrogens (tertiary/aromatic N) is 1. The van der Waals surface area contributed by atoms with Gasteiger partial charge in [0.2, 0.25) is 0 Å². The van der Waals surface area contributed by atoms with Crippen LogP contribution in [0.25, 0.3) is 0 Å². The van der Waals surface area contributed by atoms with Gasteiger partial charge in [-0.25, -0.2) is 0 Å². The number of carbonyl (C=O) groups excluding carboxylic acids is 1. The summed E-state index contributed by atoms with van der Waals surface area (Å²) >= 11 is 0. The highest BCUT2D eigenvalue weighted by Gasteiger charge is 2.17. The Morgan fingerprint density at radius 1 is 0.846 bits per heavy atom. The molecule has 0 aromatic heterocycles. The fraction of sp³-hybridized carbons (Fsp3) is 0.350. The second kappa shape index (κ2) is 8.47. The maximum atomic E-state index is 12.8. The van der Waals surface area contributed by atoms with E-state index in [4.69, 9.17) is 18.9 Å². The molecule has 0 radical (unpaired) electrons. The topological polar surface area (TPSA) is 57.2 Å². The largest absolute Gasteiger partial charge is 0.493 e. The van der Waals surface area contributed by atoms with Gasteiger partial charge in [-0.3, -0.25) is 4.79 Å². The quantitative estimate of drug-likeness (QED) is 0.759. The summed E-state index contributed by atoms with van der Waals surface area (Å²) in [6.45, 7) is 2.42. The third-order valence-electron chi connectivity index (χ3n) is 4.23. The first kappa shape index (κ1) is 19.4. The molecule has 0 aliphatic carbocycles. The normalized spacial score (nSPS) is 10.2. The summed E-state index contributed by atoms with van der Waals surface area (Å²) in [7, 11) is 8.06. The molecule has 0 N–H and O–H groups in total. The van der Waals surface area contributed by atoms with Crippen molar-refractivity contribution in [1.82, 2.24) is 4.90 Å². The lowest BCUT2D eigenvalue weighted by atomic mass is 10.1. The van der Waals surface area contributed by atoms with Gasteiger partial charge in [0.15, 0.2) is 23.0 Å². The van der Waals surface area contributed by atoms with Crippen LogP contribution in [-0.2, 0) is 6.54 Å². The zero-order chi connectivity index (χ0) is 19.3. The summed E-state index contributed by atoms with van der Waals surface area (Å²) in [5, 5.41) is 0. The minimum atomic E-state index is -0.111. The van der Waals surface area contributed by atoms with Gasteiger partial charge in [0.25, 0.3) is 5.91 Å². The van der Waals surface area contributed by atoms with Crippen molar-refractivity contribution >= 4 is 5.91 Å². The van der Waals surface area contributed by atoms with Gasteiger partial charge >= 0.3 is 0 Å². The number of benzene rings is 2. The van der Waals surface area contributed by atoms with E-state index >= 15 is 0 Å². The van der Waals surface area contributed by atoms with Gasteiger partial charge in [-0.1, -0.05) is 0 Å². The van der Waals surface area contributed by atoms with E-state index in [-0.39, 0.29) is 5.91 Å². The highest BCUT2D eigenvalue weighted by molar-refractivity contribution is 5.94. The number of rotatable bonds is 7. The van der Waals surface area contributed by atoms with Gasteiger partial charge in [0, 0.05) is 19.2 Å². The highest BCUT2D eigenvalue weighted by Crippen LogP contribution is 2.31. The van der Waals surface area contributed by atoms with Gasteiger partial charge in [-0.2, -0.15) is 0 Å². The Balaban J connectivity index is 2.24. The van der Waals surface area contributed by atoms with Crippen molar-refractivity contribution in [1.29, 1.82) is 0 Å². The molecule has 6 heteroatoms. The summed E-state index contributed by atoms with van der Waals surface area (Å²) in [5.41, 5.74) is 2.54. The van der Waals surface area contributed by atoms with Crippen molar-refractivity contribution in [3.8, 4) is 23.0 Å². The molecule has 2 aromatic rings. The molecule has 26 heavy (non-hydrogen) atoms. The third kappa shape index (κ3) is 4.02. The molecule has 0 unspecified atom stereocenters. The van der Waals surface area contributed by atoms with E-state index in [2.05, 4.69) is 0 Å². The molecule has 2 rings (SSSR count). The van der Waals surface area contributed by atoms with Gasteiger partial charge in [0.1, 0.15) is 0 Å². The minimum Gasteiger partial charge on any atom is -0.493 e. The Hall–Kier alpha value is -2.89. The van der Waals surface area contributed by atoms with Crippen molar-refractivity contribution in [3.63, 3.8) is 0 Å². The zero-order valence-corrected chi connectivity index (χ0v) is 16.1. The first-order valence-electron chi connectivity index (χ1n) is 8.14. The Morgan fingerprint density at radius 2 is 1.38 bits per heavy atom. The lowest BCUT2D eigenvalue weighted by Crippen LogP contribution is -2.26. The number of hydrogen-bond donors (Lipinski definition) is 0. The van der Waals surface area contributed by atoms with E-state index in [1.807, 2.05) is 19.1 Å². The number of aryl methyl sites for hydroxylation is 1. The minimum absolute atomic E-state index is 0.111. The molecule has 0 heterocycles. The summed E-state index contributed by atoms with van der Waals surface area (Å²) in [6.07, 6.45) is 0. The monoisotopic (exact) mass is 359 g/mol. The molecule has 2 aromatic carbocycles. The Bertz CT molecular complexity index is 788. The molecule has 0 aliphatic heterocycles. The summed E-state index contributed by atoms with van der Waals surface area (Å²) < 4.78 is 21.2. The Labute approximate surface area is 154 Å². The smallest absolute Gasteiger partial charge is 0.254 e. The van der Waals surface area contributed by atoms with E-state index in [0.29, 0.717) is 35.1 Å². The van der Waals surface area contributed by atoms with Crippen molar-refractivity contribution in [2.75, 3.05) is 35.5 Å². The second-order valence-corrected chi connectivity index (χ2v) is 5.86. The molecule has 0 fully saturated rings. The fourth-order valence-corrected chi connectivity index (χ4v) is 2.71. The van der Waals surface area contributed by atoms with Crippen LogP contribution in [0.15, 0.2) is 30.3 Å². The molecule has 0 saturated heterocycles. The molecule has 0 spiro atoms. The average Bonchev–Trinajstić information content (AvgIpc) is 2.67. The summed E-state index contributed by atoms with van der Waals surface area (Å²) in [6, 6.07) is 8.93. The van der Waals surface area contributed by atoms with Crippen LogP contribution >= 0.6 is 0 Å². The van der Waals surface area contributed by atoms with Crippen LogP contribution in [0.3, 0.4) is 0 Å². The number of hydrogen-bond acceptors (Lipinski definition) is 5. The van der Waals surface area contributed by atoms with Crippen LogP contribution in [0.2, 0.25) is 0 Å². The summed E-state index contributed by atoms with van der Waals surface area (Å²) in [5.74, 6) is 2.30. The van der Waals surface area contributed by atoms with Crippen molar-refractivity contribution < 1.29 is 23.7 Å². The molecule has 1 amide bonds. The van der Waals surface area contributed by atoms with E-state index < -0.39 is 0 Å². The second-order valence-electron chi connectivity index (χ2n) is 5.86. The van der Waals surface area contributed by atoms with Crippen LogP contribution in [0.1, 0.15) is 21.5 Å². The van der Waals surface area contributed by atoms with Gasteiger partial charge in [-0.05, 0) is 48.4 Å². The third-order valence-corrected chi connectivity index (χ3v) is 4.23. The lowest BCUT2D eigenvalue weighted by molar-refractivity contribution is 0.0784. The molecule has 0 bridgehead atoms. The molecular weight excluding hydrogens is 334 g/mol. The van der Waals surface area contributed by atoms with Gasteiger partial charge < -0.3 is 23.8 Å². The van der Waals surface area contributed by atoms with Crippen LogP contribution in [0.4, 0.5) is 0 Å². The molecule has 0 atom stereocenters. The maximum absolute atomic E-state index is 12.8. The van der Waals surface area contributed by atoms with E-state index in [0.717, 1.165) is 11.1 Å². The molecule has 140 valence electrons. The SMILES string of the molecule is COc1ccc(C(=O)N(C)Cc2cc(OC)c(OC)cc2C)cc1OC. The van der Waals surface area contributed by atoms with Crippen molar-refractivity contribution in [2.45, 2.75) is 13.5 Å². The van der Waals surface area contributed by atoms with Gasteiger partial charge in [-0.15, -0.1) is 0 Å². The highest BCUT2D eigenvalue weighted by atomic mass is 16.5. The number of amides is 1. The predicted octanol–water partition coefficient (Wildman–Crippen LogP) is 3.30. The Kier molecular flexibility index (Phi) is 6.33. The maximum Gasteiger partial charge on any atom is 0.254 e. The van der Waals surface area contributed by atoms with E-state index in [9.17, 15) is 4.79 Å². The first-order valence-corrected chi connectivity index (χ1v) is 8.14.